The van der Waals surface area contributed by atoms with Gasteiger partial charge in [0.25, 0.3) is 0 Å². The summed E-state index contributed by atoms with van der Waals surface area (Å²) in [6, 6.07) is 52.2. The van der Waals surface area contributed by atoms with Gasteiger partial charge in [-0.05, 0) is 42.5 Å². The van der Waals surface area contributed by atoms with Gasteiger partial charge in [0.15, 0.2) is 0 Å². The lowest BCUT2D eigenvalue weighted by molar-refractivity contribution is -0.137. The molecule has 0 atom stereocenters. The molecule has 0 aliphatic rings. The first-order valence-corrected chi connectivity index (χ1v) is 22.3. The molecular formula is C55H29F5N2S2. The van der Waals surface area contributed by atoms with Crippen LogP contribution in [0.5, 0.6) is 0 Å². The van der Waals surface area contributed by atoms with Crippen molar-refractivity contribution in [3.8, 4) is 33.6 Å². The number of hydrogen-bond acceptors (Lipinski definition) is 2. The van der Waals surface area contributed by atoms with E-state index in [1.165, 1.54) is 59.1 Å². The van der Waals surface area contributed by atoms with E-state index in [1.54, 1.807) is 27.3 Å². The monoisotopic (exact) mass is 876 g/mol. The molecule has 4 aromatic heterocycles. The topological polar surface area (TPSA) is 9.86 Å². The van der Waals surface area contributed by atoms with Crippen molar-refractivity contribution in [2.45, 2.75) is 6.18 Å². The van der Waals surface area contributed by atoms with Crippen LogP contribution in [-0.4, -0.2) is 9.13 Å². The zero-order valence-electron chi connectivity index (χ0n) is 33.3. The lowest BCUT2D eigenvalue weighted by atomic mass is 9.90. The van der Waals surface area contributed by atoms with Crippen LogP contribution in [0.15, 0.2) is 176 Å². The zero-order valence-corrected chi connectivity index (χ0v) is 35.0. The minimum absolute atomic E-state index is 0.0269. The van der Waals surface area contributed by atoms with Gasteiger partial charge in [0.2, 0.25) is 0 Å². The molecule has 0 aliphatic carbocycles. The largest absolute Gasteiger partial charge is 0.420 e. The second kappa shape index (κ2) is 13.6. The van der Waals surface area contributed by atoms with E-state index < -0.39 is 23.4 Å². The Morgan fingerprint density at radius 3 is 1.17 bits per heavy atom. The third kappa shape index (κ3) is 5.16. The SMILES string of the molecule is Fc1ccccc1-c1cc(-c2ccccc2F)c(-n2c3ccccc3c3ccc4c5ccccc5sc4c32)c(C(F)(F)F)c1-n1c2ccccc2c2ccc3c4ccccc4sc3c21. The number of rotatable bonds is 4. The highest BCUT2D eigenvalue weighted by molar-refractivity contribution is 7.27. The van der Waals surface area contributed by atoms with E-state index >= 15 is 22.0 Å². The van der Waals surface area contributed by atoms with E-state index in [9.17, 15) is 0 Å². The molecule has 0 unspecified atom stereocenters. The normalized spacial score (nSPS) is 12.5. The quantitative estimate of drug-likeness (QED) is 0.156. The van der Waals surface area contributed by atoms with Crippen LogP contribution in [0.4, 0.5) is 22.0 Å². The second-order valence-corrected chi connectivity index (χ2v) is 18.2. The Morgan fingerprint density at radius 1 is 0.359 bits per heavy atom. The molecule has 0 fully saturated rings. The summed E-state index contributed by atoms with van der Waals surface area (Å²) in [5.74, 6) is -1.42. The van der Waals surface area contributed by atoms with Crippen molar-refractivity contribution in [1.82, 2.24) is 9.13 Å². The predicted octanol–water partition coefficient (Wildman–Crippen LogP) is 17.2. The number of nitrogens with zero attached hydrogens (tertiary/aromatic N) is 2. The molecule has 2 nitrogen and oxygen atoms in total. The van der Waals surface area contributed by atoms with Crippen LogP contribution < -0.4 is 0 Å². The van der Waals surface area contributed by atoms with E-state index in [0.717, 1.165) is 61.9 Å². The average Bonchev–Trinajstić information content (AvgIpc) is 4.06. The first kappa shape index (κ1) is 37.2. The van der Waals surface area contributed by atoms with Gasteiger partial charge in [0.05, 0.1) is 42.8 Å². The highest BCUT2D eigenvalue weighted by atomic mass is 32.1. The third-order valence-corrected chi connectivity index (χ3v) is 15.1. The highest BCUT2D eigenvalue weighted by Crippen LogP contribution is 2.54. The first-order valence-electron chi connectivity index (χ1n) is 20.7. The molecule has 306 valence electrons. The van der Waals surface area contributed by atoms with Crippen LogP contribution in [0.2, 0.25) is 0 Å². The van der Waals surface area contributed by atoms with Gasteiger partial charge in [0.1, 0.15) is 17.2 Å². The summed E-state index contributed by atoms with van der Waals surface area (Å²) in [5, 5.41) is 6.77. The van der Waals surface area contributed by atoms with Crippen molar-refractivity contribution in [3.63, 3.8) is 0 Å². The van der Waals surface area contributed by atoms with Gasteiger partial charge < -0.3 is 9.13 Å². The van der Waals surface area contributed by atoms with Crippen molar-refractivity contribution in [2.24, 2.45) is 0 Å². The number of alkyl halides is 3. The third-order valence-electron chi connectivity index (χ3n) is 12.7. The van der Waals surface area contributed by atoms with E-state index in [4.69, 9.17) is 0 Å². The molecule has 64 heavy (non-hydrogen) atoms. The number of fused-ring (bicyclic) bond motifs is 14. The minimum atomic E-state index is -5.09. The molecule has 0 radical (unpaired) electrons. The fourth-order valence-corrected chi connectivity index (χ4v) is 12.6. The second-order valence-electron chi connectivity index (χ2n) is 16.1. The summed E-state index contributed by atoms with van der Waals surface area (Å²) in [4.78, 5) is 0. The van der Waals surface area contributed by atoms with Gasteiger partial charge in [-0.2, -0.15) is 13.2 Å². The summed E-state index contributed by atoms with van der Waals surface area (Å²) in [5.41, 5.74) is 0.509. The number of thiophene rings is 2. The molecule has 13 rings (SSSR count). The van der Waals surface area contributed by atoms with Crippen molar-refractivity contribution >= 4 is 107 Å². The molecular weight excluding hydrogens is 848 g/mol. The lowest BCUT2D eigenvalue weighted by Gasteiger charge is -2.27. The number of hydrogen-bond donors (Lipinski definition) is 0. The minimum Gasteiger partial charge on any atom is -0.306 e. The van der Waals surface area contributed by atoms with Gasteiger partial charge in [-0.25, -0.2) is 8.78 Å². The summed E-state index contributed by atoms with van der Waals surface area (Å²) in [6.45, 7) is 0. The summed E-state index contributed by atoms with van der Waals surface area (Å²) >= 11 is 3.03. The van der Waals surface area contributed by atoms with Crippen molar-refractivity contribution in [2.75, 3.05) is 0 Å². The molecule has 0 amide bonds. The Kier molecular flexibility index (Phi) is 7.91. The van der Waals surface area contributed by atoms with E-state index in [1.807, 2.05) is 121 Å². The summed E-state index contributed by atoms with van der Waals surface area (Å²) in [6.07, 6.45) is -5.09. The molecule has 9 aromatic carbocycles. The average molecular weight is 877 g/mol. The predicted molar refractivity (Wildman–Crippen MR) is 257 cm³/mol. The first-order chi connectivity index (χ1) is 31.3. The molecule has 0 N–H and O–H groups in total. The van der Waals surface area contributed by atoms with Crippen molar-refractivity contribution in [3.05, 3.63) is 193 Å². The fraction of sp³-hybridized carbons (Fsp3) is 0.0182. The van der Waals surface area contributed by atoms with E-state index in [0.29, 0.717) is 22.1 Å². The molecule has 0 saturated heterocycles. The molecule has 0 spiro atoms. The molecule has 0 aliphatic heterocycles. The van der Waals surface area contributed by atoms with Crippen LogP contribution in [0.3, 0.4) is 0 Å². The Morgan fingerprint density at radius 2 is 0.734 bits per heavy atom. The standard InChI is InChI=1S/C55H29F5N2S2/c56-42-19-7-1-13-30(42)40-29-41(31-14-2-8-20-43(31)57)50(62-45-22-10-4-16-33(45)37-26-28-39-35-18-6-12-24-47(35)64-54(39)52(37)62)48(55(58,59)60)49(40)61-44-21-9-3-15-32(44)36-25-27-38-34-17-5-11-23-46(34)63-53(38)51(36)61/h1-29H. The highest BCUT2D eigenvalue weighted by Gasteiger charge is 2.43. The van der Waals surface area contributed by atoms with Crippen LogP contribution >= 0.6 is 22.7 Å². The molecule has 13 aromatic rings. The molecule has 0 saturated carbocycles. The zero-order chi connectivity index (χ0) is 43.0. The number of para-hydroxylation sites is 2. The van der Waals surface area contributed by atoms with Gasteiger partial charge in [-0.3, -0.25) is 0 Å². The maximum atomic E-state index is 17.4. The van der Waals surface area contributed by atoms with E-state index in [-0.39, 0.29) is 33.6 Å². The smallest absolute Gasteiger partial charge is 0.306 e. The lowest BCUT2D eigenvalue weighted by Crippen LogP contribution is -2.18. The van der Waals surface area contributed by atoms with Gasteiger partial charge in [-0.1, -0.05) is 133 Å². The number of halogens is 5. The van der Waals surface area contributed by atoms with Gasteiger partial charge >= 0.3 is 6.18 Å². The van der Waals surface area contributed by atoms with Gasteiger partial charge in [0, 0.05) is 74.7 Å². The van der Waals surface area contributed by atoms with Crippen LogP contribution in [0, 0.1) is 11.6 Å². The van der Waals surface area contributed by atoms with Crippen molar-refractivity contribution in [1.29, 1.82) is 0 Å². The number of aromatic nitrogens is 2. The Labute approximate surface area is 368 Å². The molecule has 4 heterocycles. The summed E-state index contributed by atoms with van der Waals surface area (Å²) in [7, 11) is 0. The van der Waals surface area contributed by atoms with Crippen molar-refractivity contribution < 1.29 is 22.0 Å². The van der Waals surface area contributed by atoms with Crippen LogP contribution in [0.25, 0.3) is 118 Å². The Balaban J connectivity index is 1.34. The van der Waals surface area contributed by atoms with E-state index in [2.05, 4.69) is 0 Å². The Bertz CT molecular complexity index is 3850. The van der Waals surface area contributed by atoms with Crippen LogP contribution in [0.1, 0.15) is 5.56 Å². The maximum absolute atomic E-state index is 17.4. The van der Waals surface area contributed by atoms with Crippen LogP contribution in [-0.2, 0) is 6.18 Å². The fourth-order valence-electron chi connectivity index (χ4n) is 10.1. The van der Waals surface area contributed by atoms with Gasteiger partial charge in [-0.15, -0.1) is 22.7 Å². The number of benzene rings is 9. The Hall–Kier alpha value is -7.33. The molecule has 0 bridgehead atoms. The maximum Gasteiger partial charge on any atom is 0.420 e. The summed E-state index contributed by atoms with van der Waals surface area (Å²) < 4.78 is 92.6. The molecule has 9 heteroatoms.